The van der Waals surface area contributed by atoms with Crippen LogP contribution in [0.1, 0.15) is 44.3 Å². The molecule has 0 bridgehead atoms. The molecule has 21 heavy (non-hydrogen) atoms. The van der Waals surface area contributed by atoms with Crippen LogP contribution in [-0.4, -0.2) is 42.2 Å². The maximum absolute atomic E-state index is 10.00. The molecule has 116 valence electrons. The standard InChI is InChI=1S/C17H25BrN2O/c1-13(21)16-7-6-14(18)12-17(16)20-10-8-19(9-11-20)15-4-2-3-5-15/h6-7,12-13,15,21H,2-5,8-11H2,1H3. The molecular formula is C17H25BrN2O. The Balaban J connectivity index is 1.70. The monoisotopic (exact) mass is 352 g/mol. The Labute approximate surface area is 136 Å². The molecule has 2 aliphatic rings. The van der Waals surface area contributed by atoms with Crippen molar-refractivity contribution < 1.29 is 5.11 Å². The van der Waals surface area contributed by atoms with Crippen molar-refractivity contribution >= 4 is 21.6 Å². The maximum Gasteiger partial charge on any atom is 0.0782 e. The van der Waals surface area contributed by atoms with Gasteiger partial charge in [0.1, 0.15) is 0 Å². The van der Waals surface area contributed by atoms with Crippen molar-refractivity contribution in [1.29, 1.82) is 0 Å². The third-order valence-electron chi connectivity index (χ3n) is 4.94. The summed E-state index contributed by atoms with van der Waals surface area (Å²) in [5, 5.41) is 10.00. The number of hydrogen-bond acceptors (Lipinski definition) is 3. The van der Waals surface area contributed by atoms with E-state index in [0.717, 1.165) is 42.3 Å². The molecule has 1 saturated carbocycles. The topological polar surface area (TPSA) is 26.7 Å². The van der Waals surface area contributed by atoms with Crippen LogP contribution in [0.3, 0.4) is 0 Å². The molecule has 1 N–H and O–H groups in total. The van der Waals surface area contributed by atoms with Gasteiger partial charge in [-0.3, -0.25) is 4.90 Å². The Morgan fingerprint density at radius 1 is 1.14 bits per heavy atom. The highest BCUT2D eigenvalue weighted by atomic mass is 79.9. The van der Waals surface area contributed by atoms with Crippen LogP contribution in [0.15, 0.2) is 22.7 Å². The highest BCUT2D eigenvalue weighted by Gasteiger charge is 2.27. The Kier molecular flexibility index (Phi) is 4.87. The summed E-state index contributed by atoms with van der Waals surface area (Å²) in [4.78, 5) is 5.10. The third-order valence-corrected chi connectivity index (χ3v) is 5.43. The molecule has 0 spiro atoms. The van der Waals surface area contributed by atoms with Crippen LogP contribution in [-0.2, 0) is 0 Å². The van der Waals surface area contributed by atoms with Gasteiger partial charge >= 0.3 is 0 Å². The lowest BCUT2D eigenvalue weighted by Gasteiger charge is -2.40. The number of nitrogens with zero attached hydrogens (tertiary/aromatic N) is 2. The third kappa shape index (κ3) is 3.43. The molecule has 3 rings (SSSR count). The van der Waals surface area contributed by atoms with Crippen LogP contribution in [0.5, 0.6) is 0 Å². The molecule has 0 amide bonds. The lowest BCUT2D eigenvalue weighted by Crippen LogP contribution is -2.50. The summed E-state index contributed by atoms with van der Waals surface area (Å²) >= 11 is 3.56. The first-order valence-electron chi connectivity index (χ1n) is 8.11. The SMILES string of the molecule is CC(O)c1ccc(Br)cc1N1CCN(C2CCCC2)CC1. The summed E-state index contributed by atoms with van der Waals surface area (Å²) in [7, 11) is 0. The van der Waals surface area contributed by atoms with Gasteiger partial charge < -0.3 is 10.0 Å². The molecule has 4 heteroatoms. The average Bonchev–Trinajstić information content (AvgIpc) is 3.01. The number of piperazine rings is 1. The van der Waals surface area contributed by atoms with Gasteiger partial charge in [0.05, 0.1) is 6.10 Å². The highest BCUT2D eigenvalue weighted by molar-refractivity contribution is 9.10. The quantitative estimate of drug-likeness (QED) is 0.900. The molecule has 1 heterocycles. The number of aliphatic hydroxyl groups is 1. The second kappa shape index (κ2) is 6.67. The number of halogens is 1. The molecule has 2 fully saturated rings. The van der Waals surface area contributed by atoms with E-state index in [4.69, 9.17) is 0 Å². The maximum atomic E-state index is 10.00. The van der Waals surface area contributed by atoms with E-state index in [1.165, 1.54) is 31.4 Å². The number of rotatable bonds is 3. The average molecular weight is 353 g/mol. The summed E-state index contributed by atoms with van der Waals surface area (Å²) in [6, 6.07) is 7.02. The van der Waals surface area contributed by atoms with Crippen LogP contribution in [0.25, 0.3) is 0 Å². The molecule has 1 aromatic rings. The molecule has 1 aromatic carbocycles. The summed E-state index contributed by atoms with van der Waals surface area (Å²) < 4.78 is 1.08. The number of benzene rings is 1. The van der Waals surface area contributed by atoms with Crippen LogP contribution >= 0.6 is 15.9 Å². The molecule has 3 nitrogen and oxygen atoms in total. The Morgan fingerprint density at radius 3 is 2.43 bits per heavy atom. The molecule has 1 saturated heterocycles. The molecule has 1 aliphatic carbocycles. The first-order valence-corrected chi connectivity index (χ1v) is 8.91. The molecule has 1 unspecified atom stereocenters. The van der Waals surface area contributed by atoms with Crippen molar-refractivity contribution in [2.45, 2.75) is 44.8 Å². The smallest absolute Gasteiger partial charge is 0.0782 e. The minimum absolute atomic E-state index is 0.416. The second-order valence-corrected chi connectivity index (χ2v) is 7.26. The lowest BCUT2D eigenvalue weighted by atomic mass is 10.1. The largest absolute Gasteiger partial charge is 0.389 e. The van der Waals surface area contributed by atoms with E-state index in [9.17, 15) is 5.11 Å². The second-order valence-electron chi connectivity index (χ2n) is 6.34. The van der Waals surface area contributed by atoms with Gasteiger partial charge in [0, 0.05) is 47.9 Å². The van der Waals surface area contributed by atoms with Gasteiger partial charge in [0.2, 0.25) is 0 Å². The van der Waals surface area contributed by atoms with Gasteiger partial charge in [-0.05, 0) is 31.9 Å². The molecule has 0 aromatic heterocycles. The van der Waals surface area contributed by atoms with Crippen molar-refractivity contribution in [2.75, 3.05) is 31.1 Å². The van der Waals surface area contributed by atoms with Crippen LogP contribution < -0.4 is 4.90 Å². The molecule has 1 atom stereocenters. The van der Waals surface area contributed by atoms with Gasteiger partial charge in [-0.2, -0.15) is 0 Å². The number of hydrogen-bond donors (Lipinski definition) is 1. The van der Waals surface area contributed by atoms with Crippen molar-refractivity contribution in [3.8, 4) is 0 Å². The fraction of sp³-hybridized carbons (Fsp3) is 0.647. The van der Waals surface area contributed by atoms with Gasteiger partial charge in [-0.15, -0.1) is 0 Å². The summed E-state index contributed by atoms with van der Waals surface area (Å²) in [6.07, 6.45) is 5.16. The summed E-state index contributed by atoms with van der Waals surface area (Å²) in [5.41, 5.74) is 2.22. The molecule has 0 radical (unpaired) electrons. The van der Waals surface area contributed by atoms with E-state index in [1.54, 1.807) is 0 Å². The fourth-order valence-electron chi connectivity index (χ4n) is 3.74. The molecular weight excluding hydrogens is 328 g/mol. The van der Waals surface area contributed by atoms with Crippen LogP contribution in [0, 0.1) is 0 Å². The minimum atomic E-state index is -0.416. The van der Waals surface area contributed by atoms with Gasteiger partial charge in [0.15, 0.2) is 0 Å². The van der Waals surface area contributed by atoms with Crippen LogP contribution in [0.4, 0.5) is 5.69 Å². The predicted octanol–water partition coefficient (Wildman–Crippen LogP) is 3.57. The zero-order chi connectivity index (χ0) is 14.8. The van der Waals surface area contributed by atoms with E-state index in [2.05, 4.69) is 31.8 Å². The first kappa shape index (κ1) is 15.3. The van der Waals surface area contributed by atoms with E-state index in [-0.39, 0.29) is 0 Å². The van der Waals surface area contributed by atoms with Crippen molar-refractivity contribution in [3.63, 3.8) is 0 Å². The van der Waals surface area contributed by atoms with E-state index >= 15 is 0 Å². The van der Waals surface area contributed by atoms with Gasteiger partial charge in [-0.1, -0.05) is 34.8 Å². The van der Waals surface area contributed by atoms with E-state index < -0.39 is 6.10 Å². The van der Waals surface area contributed by atoms with Crippen molar-refractivity contribution in [1.82, 2.24) is 4.90 Å². The summed E-state index contributed by atoms with van der Waals surface area (Å²) in [6.45, 7) is 6.27. The predicted molar refractivity (Wildman–Crippen MR) is 90.8 cm³/mol. The van der Waals surface area contributed by atoms with Crippen LogP contribution in [0.2, 0.25) is 0 Å². The van der Waals surface area contributed by atoms with Gasteiger partial charge in [-0.25, -0.2) is 0 Å². The normalized spacial score (nSPS) is 22.7. The highest BCUT2D eigenvalue weighted by Crippen LogP contribution is 2.31. The first-order chi connectivity index (χ1) is 10.1. The minimum Gasteiger partial charge on any atom is -0.389 e. The zero-order valence-electron chi connectivity index (χ0n) is 12.8. The zero-order valence-corrected chi connectivity index (χ0v) is 14.3. The van der Waals surface area contributed by atoms with Crippen molar-refractivity contribution in [2.24, 2.45) is 0 Å². The lowest BCUT2D eigenvalue weighted by molar-refractivity contribution is 0.185. The van der Waals surface area contributed by atoms with Gasteiger partial charge in [0.25, 0.3) is 0 Å². The number of anilines is 1. The molecule has 1 aliphatic heterocycles. The van der Waals surface area contributed by atoms with E-state index in [0.29, 0.717) is 0 Å². The fourth-order valence-corrected chi connectivity index (χ4v) is 4.09. The number of aliphatic hydroxyl groups excluding tert-OH is 1. The Bertz CT molecular complexity index is 478. The van der Waals surface area contributed by atoms with E-state index in [1.807, 2.05) is 19.1 Å². The Hall–Kier alpha value is -0.580. The summed E-state index contributed by atoms with van der Waals surface area (Å²) in [5.74, 6) is 0. The Morgan fingerprint density at radius 2 is 1.81 bits per heavy atom. The van der Waals surface area contributed by atoms with Crippen molar-refractivity contribution in [3.05, 3.63) is 28.2 Å².